The first-order valence-corrected chi connectivity index (χ1v) is 9.57. The van der Waals surface area contributed by atoms with Gasteiger partial charge < -0.3 is 15.0 Å². The van der Waals surface area contributed by atoms with Gasteiger partial charge in [-0.15, -0.1) is 6.58 Å². The van der Waals surface area contributed by atoms with E-state index in [1.54, 1.807) is 44.5 Å². The van der Waals surface area contributed by atoms with Gasteiger partial charge >= 0.3 is 0 Å². The Morgan fingerprint density at radius 2 is 1.86 bits per heavy atom. The van der Waals surface area contributed by atoms with E-state index >= 15 is 0 Å². The molecule has 6 nitrogen and oxygen atoms in total. The molecule has 0 saturated heterocycles. The Labute approximate surface area is 172 Å². The summed E-state index contributed by atoms with van der Waals surface area (Å²) in [6.45, 7) is 5.35. The third kappa shape index (κ3) is 7.79. The topological polar surface area (TPSA) is 61.9 Å². The predicted molar refractivity (Wildman–Crippen MR) is 116 cm³/mol. The summed E-state index contributed by atoms with van der Waals surface area (Å²) in [6, 6.07) is 17.2. The fraction of sp³-hybridized carbons (Fsp3) is 0.304. The molecule has 2 aromatic carbocycles. The van der Waals surface area contributed by atoms with Crippen molar-refractivity contribution in [2.24, 2.45) is 0 Å². The molecule has 0 aromatic heterocycles. The van der Waals surface area contributed by atoms with Crippen molar-refractivity contribution in [3.63, 3.8) is 0 Å². The second kappa shape index (κ2) is 11.7. The van der Waals surface area contributed by atoms with Crippen LogP contribution in [0.15, 0.2) is 67.3 Å². The first kappa shape index (κ1) is 22.2. The minimum Gasteiger partial charge on any atom is -0.497 e. The molecule has 0 saturated carbocycles. The van der Waals surface area contributed by atoms with Crippen molar-refractivity contribution in [1.82, 2.24) is 9.80 Å². The number of hydrogen-bond donors (Lipinski definition) is 1. The molecule has 0 bridgehead atoms. The summed E-state index contributed by atoms with van der Waals surface area (Å²) in [5, 5.41) is 2.78. The number of anilines is 1. The Bertz CT molecular complexity index is 808. The maximum absolute atomic E-state index is 12.6. The molecule has 0 aliphatic carbocycles. The highest BCUT2D eigenvalue weighted by molar-refractivity contribution is 5.94. The molecular formula is C23H29N3O3. The summed E-state index contributed by atoms with van der Waals surface area (Å²) in [6.07, 6.45) is 2.63. The summed E-state index contributed by atoms with van der Waals surface area (Å²) >= 11 is 0. The number of benzene rings is 2. The number of rotatable bonds is 11. The maximum atomic E-state index is 12.6. The van der Waals surface area contributed by atoms with Crippen molar-refractivity contribution in [3.8, 4) is 5.75 Å². The number of nitrogens with one attached hydrogen (secondary N) is 1. The first-order chi connectivity index (χ1) is 14.0. The van der Waals surface area contributed by atoms with Crippen molar-refractivity contribution in [2.75, 3.05) is 45.7 Å². The number of methoxy groups -OCH3 is 1. The van der Waals surface area contributed by atoms with Gasteiger partial charge in [0.25, 0.3) is 0 Å². The van der Waals surface area contributed by atoms with E-state index in [4.69, 9.17) is 4.74 Å². The van der Waals surface area contributed by atoms with Crippen LogP contribution in [-0.2, 0) is 16.0 Å². The van der Waals surface area contributed by atoms with E-state index in [9.17, 15) is 9.59 Å². The average Bonchev–Trinajstić information content (AvgIpc) is 2.72. The fourth-order valence-corrected chi connectivity index (χ4v) is 2.87. The molecule has 6 heteroatoms. The van der Waals surface area contributed by atoms with Crippen LogP contribution in [0.4, 0.5) is 5.69 Å². The molecule has 0 fully saturated rings. The van der Waals surface area contributed by atoms with Crippen molar-refractivity contribution < 1.29 is 14.3 Å². The highest BCUT2D eigenvalue weighted by atomic mass is 16.5. The van der Waals surface area contributed by atoms with Crippen molar-refractivity contribution >= 4 is 17.5 Å². The lowest BCUT2D eigenvalue weighted by Gasteiger charge is -2.24. The zero-order valence-corrected chi connectivity index (χ0v) is 17.1. The van der Waals surface area contributed by atoms with Crippen LogP contribution in [0, 0.1) is 0 Å². The van der Waals surface area contributed by atoms with E-state index in [-0.39, 0.29) is 24.9 Å². The van der Waals surface area contributed by atoms with Gasteiger partial charge in [-0.3, -0.25) is 14.5 Å². The molecule has 2 rings (SSSR count). The lowest BCUT2D eigenvalue weighted by molar-refractivity contribution is -0.134. The summed E-state index contributed by atoms with van der Waals surface area (Å²) < 4.78 is 5.15. The molecule has 0 atom stereocenters. The smallest absolute Gasteiger partial charge is 0.243 e. The van der Waals surface area contributed by atoms with Crippen LogP contribution in [0.25, 0.3) is 0 Å². The monoisotopic (exact) mass is 395 g/mol. The third-order valence-corrected chi connectivity index (χ3v) is 4.47. The SMILES string of the molecule is C=CCN(CCc1ccccc1)CC(=O)N(C)CC(=O)Nc1cccc(OC)c1. The number of hydrogen-bond acceptors (Lipinski definition) is 4. The van der Waals surface area contributed by atoms with Crippen molar-refractivity contribution in [1.29, 1.82) is 0 Å². The summed E-state index contributed by atoms with van der Waals surface area (Å²) in [4.78, 5) is 28.3. The molecule has 0 aliphatic rings. The number of amides is 2. The molecule has 0 unspecified atom stereocenters. The van der Waals surface area contributed by atoms with Crippen molar-refractivity contribution in [3.05, 3.63) is 72.8 Å². The second-order valence-corrected chi connectivity index (χ2v) is 6.79. The first-order valence-electron chi connectivity index (χ1n) is 9.57. The lowest BCUT2D eigenvalue weighted by atomic mass is 10.1. The van der Waals surface area contributed by atoms with E-state index in [1.807, 2.05) is 23.1 Å². The predicted octanol–water partition coefficient (Wildman–Crippen LogP) is 2.82. The number of carbonyl (C=O) groups is 2. The molecule has 154 valence electrons. The van der Waals surface area contributed by atoms with E-state index in [0.29, 0.717) is 18.0 Å². The van der Waals surface area contributed by atoms with E-state index < -0.39 is 0 Å². The summed E-state index contributed by atoms with van der Waals surface area (Å²) in [5.74, 6) is 0.292. The normalized spacial score (nSPS) is 10.4. The molecule has 2 amide bonds. The minimum absolute atomic E-state index is 0.0172. The highest BCUT2D eigenvalue weighted by Crippen LogP contribution is 2.16. The van der Waals surface area contributed by atoms with Crippen LogP contribution in [-0.4, -0.2) is 62.0 Å². The highest BCUT2D eigenvalue weighted by Gasteiger charge is 2.16. The number of likely N-dealkylation sites (N-methyl/N-ethyl adjacent to an activating group) is 1. The van der Waals surface area contributed by atoms with Gasteiger partial charge in [-0.1, -0.05) is 42.5 Å². The van der Waals surface area contributed by atoms with Gasteiger partial charge in [-0.2, -0.15) is 0 Å². The van der Waals surface area contributed by atoms with E-state index in [0.717, 1.165) is 13.0 Å². The van der Waals surface area contributed by atoms with E-state index in [2.05, 4.69) is 24.0 Å². The second-order valence-electron chi connectivity index (χ2n) is 6.79. The van der Waals surface area contributed by atoms with E-state index in [1.165, 1.54) is 10.5 Å². The lowest BCUT2D eigenvalue weighted by Crippen LogP contribution is -2.42. The number of ether oxygens (including phenoxy) is 1. The number of carbonyl (C=O) groups excluding carboxylic acids is 2. The minimum atomic E-state index is -0.256. The van der Waals surface area contributed by atoms with Gasteiger partial charge in [-0.25, -0.2) is 0 Å². The van der Waals surface area contributed by atoms with Crippen LogP contribution in [0.5, 0.6) is 5.75 Å². The zero-order chi connectivity index (χ0) is 21.1. The van der Waals surface area contributed by atoms with Crippen LogP contribution in [0.2, 0.25) is 0 Å². The zero-order valence-electron chi connectivity index (χ0n) is 17.1. The summed E-state index contributed by atoms with van der Waals surface area (Å²) in [7, 11) is 3.21. The fourth-order valence-electron chi connectivity index (χ4n) is 2.87. The third-order valence-electron chi connectivity index (χ3n) is 4.47. The molecule has 2 aromatic rings. The van der Waals surface area contributed by atoms with Crippen molar-refractivity contribution in [2.45, 2.75) is 6.42 Å². The van der Waals surface area contributed by atoms with Crippen LogP contribution in [0.1, 0.15) is 5.56 Å². The largest absolute Gasteiger partial charge is 0.497 e. The van der Waals surface area contributed by atoms with Crippen LogP contribution in [0.3, 0.4) is 0 Å². The quantitative estimate of drug-likeness (QED) is 0.595. The Hall–Kier alpha value is -3.12. The average molecular weight is 396 g/mol. The Kier molecular flexibility index (Phi) is 8.92. The molecule has 1 N–H and O–H groups in total. The maximum Gasteiger partial charge on any atom is 0.243 e. The van der Waals surface area contributed by atoms with Crippen LogP contribution < -0.4 is 10.1 Å². The summed E-state index contributed by atoms with van der Waals surface area (Å²) in [5.41, 5.74) is 1.85. The molecule has 0 radical (unpaired) electrons. The Balaban J connectivity index is 1.84. The molecule has 0 spiro atoms. The molecule has 0 aliphatic heterocycles. The van der Waals surface area contributed by atoms with Gasteiger partial charge in [0.2, 0.25) is 11.8 Å². The molecule has 0 heterocycles. The van der Waals surface area contributed by atoms with Gasteiger partial charge in [0, 0.05) is 31.9 Å². The van der Waals surface area contributed by atoms with Gasteiger partial charge in [0.1, 0.15) is 5.75 Å². The molecular weight excluding hydrogens is 366 g/mol. The van der Waals surface area contributed by atoms with Crippen LogP contribution >= 0.6 is 0 Å². The van der Waals surface area contributed by atoms with Gasteiger partial charge in [0.05, 0.1) is 20.2 Å². The molecule has 29 heavy (non-hydrogen) atoms. The standard InChI is InChI=1S/C23H29N3O3/c1-4-14-26(15-13-19-9-6-5-7-10-19)18-23(28)25(2)17-22(27)24-20-11-8-12-21(16-20)29-3/h4-12,16H,1,13-15,17-18H2,2-3H3,(H,24,27). The Morgan fingerprint density at radius 3 is 2.55 bits per heavy atom. The van der Waals surface area contributed by atoms with Gasteiger partial charge in [-0.05, 0) is 24.1 Å². The Morgan fingerprint density at radius 1 is 1.10 bits per heavy atom. The van der Waals surface area contributed by atoms with Gasteiger partial charge in [0.15, 0.2) is 0 Å². The number of nitrogens with zero attached hydrogens (tertiary/aromatic N) is 2.